The van der Waals surface area contributed by atoms with Gasteiger partial charge in [-0.3, -0.25) is 4.79 Å². The lowest BCUT2D eigenvalue weighted by atomic mass is 10.1. The van der Waals surface area contributed by atoms with Crippen LogP contribution in [0.4, 0.5) is 4.39 Å². The van der Waals surface area contributed by atoms with Crippen molar-refractivity contribution in [2.24, 2.45) is 0 Å². The van der Waals surface area contributed by atoms with E-state index in [0.717, 1.165) is 11.3 Å². The zero-order valence-electron chi connectivity index (χ0n) is 8.41. The van der Waals surface area contributed by atoms with Crippen LogP contribution in [0.3, 0.4) is 0 Å². The average molecular weight is 224 g/mol. The van der Waals surface area contributed by atoms with Gasteiger partial charge in [-0.2, -0.15) is 0 Å². The molecule has 80 valence electrons. The van der Waals surface area contributed by atoms with Crippen molar-refractivity contribution in [3.63, 3.8) is 0 Å². The monoisotopic (exact) mass is 224 g/mol. The molecule has 0 aromatic heterocycles. The fraction of sp³-hybridized carbons (Fsp3) is 0.250. The molecule has 0 fully saturated rings. The number of carbonyl (C=O) groups is 1. The molecule has 0 amide bonds. The Morgan fingerprint density at radius 3 is 2.67 bits per heavy atom. The first-order chi connectivity index (χ1) is 7.22. The van der Waals surface area contributed by atoms with Crippen molar-refractivity contribution < 1.29 is 9.18 Å². The van der Waals surface area contributed by atoms with Crippen LogP contribution >= 0.6 is 11.8 Å². The quantitative estimate of drug-likeness (QED) is 0.546. The predicted molar refractivity (Wildman–Crippen MR) is 62.6 cm³/mol. The fourth-order valence-corrected chi connectivity index (χ4v) is 1.75. The molecule has 15 heavy (non-hydrogen) atoms. The highest BCUT2D eigenvalue weighted by atomic mass is 32.2. The minimum atomic E-state index is -0.271. The molecule has 0 aliphatic carbocycles. The van der Waals surface area contributed by atoms with E-state index in [1.165, 1.54) is 12.1 Å². The Kier molecular flexibility index (Phi) is 5.12. The summed E-state index contributed by atoms with van der Waals surface area (Å²) in [5.41, 5.74) is 0.862. The zero-order valence-corrected chi connectivity index (χ0v) is 9.23. The first kappa shape index (κ1) is 12.0. The van der Waals surface area contributed by atoms with Gasteiger partial charge in [-0.15, -0.1) is 18.3 Å². The normalized spacial score (nSPS) is 9.93. The number of hydrogen-bond donors (Lipinski definition) is 0. The Hall–Kier alpha value is -1.09. The highest BCUT2D eigenvalue weighted by Gasteiger charge is 2.03. The molecule has 0 bridgehead atoms. The first-order valence-corrected chi connectivity index (χ1v) is 5.82. The van der Waals surface area contributed by atoms with Crippen molar-refractivity contribution in [3.05, 3.63) is 48.3 Å². The van der Waals surface area contributed by atoms with E-state index in [1.54, 1.807) is 30.0 Å². The standard InChI is InChI=1S/C12H13FOS/c1-2-7-15-9-12(14)8-10-3-5-11(13)6-4-10/h2-6H,1,7-9H2. The van der Waals surface area contributed by atoms with Gasteiger partial charge in [0, 0.05) is 12.2 Å². The molecule has 1 aromatic carbocycles. The Balaban J connectivity index is 2.37. The summed E-state index contributed by atoms with van der Waals surface area (Å²) >= 11 is 1.54. The van der Waals surface area contributed by atoms with Crippen LogP contribution in [0.1, 0.15) is 5.56 Å². The van der Waals surface area contributed by atoms with E-state index in [4.69, 9.17) is 0 Å². The molecule has 0 saturated heterocycles. The summed E-state index contributed by atoms with van der Waals surface area (Å²) in [4.78, 5) is 11.4. The van der Waals surface area contributed by atoms with E-state index >= 15 is 0 Å². The largest absolute Gasteiger partial charge is 0.298 e. The van der Waals surface area contributed by atoms with E-state index in [-0.39, 0.29) is 11.6 Å². The summed E-state index contributed by atoms with van der Waals surface area (Å²) in [5.74, 6) is 1.17. The molecule has 1 nitrogen and oxygen atoms in total. The second kappa shape index (κ2) is 6.40. The maximum absolute atomic E-state index is 12.6. The number of rotatable bonds is 6. The fourth-order valence-electron chi connectivity index (χ4n) is 1.14. The molecule has 0 atom stereocenters. The maximum atomic E-state index is 12.6. The summed E-state index contributed by atoms with van der Waals surface area (Å²) < 4.78 is 12.6. The van der Waals surface area contributed by atoms with Crippen LogP contribution in [-0.2, 0) is 11.2 Å². The van der Waals surface area contributed by atoms with Crippen molar-refractivity contribution in [2.75, 3.05) is 11.5 Å². The third kappa shape index (κ3) is 4.79. The Morgan fingerprint density at radius 1 is 1.40 bits per heavy atom. The second-order valence-electron chi connectivity index (χ2n) is 3.15. The van der Waals surface area contributed by atoms with Crippen LogP contribution in [0.5, 0.6) is 0 Å². The third-order valence-electron chi connectivity index (χ3n) is 1.81. The van der Waals surface area contributed by atoms with Crippen LogP contribution in [0.25, 0.3) is 0 Å². The van der Waals surface area contributed by atoms with Gasteiger partial charge < -0.3 is 0 Å². The summed E-state index contributed by atoms with van der Waals surface area (Å²) in [6.07, 6.45) is 2.15. The highest BCUT2D eigenvalue weighted by molar-refractivity contribution is 8.00. The molecule has 0 aliphatic heterocycles. The van der Waals surface area contributed by atoms with E-state index in [2.05, 4.69) is 6.58 Å². The predicted octanol–water partition coefficient (Wildman–Crippen LogP) is 2.86. The van der Waals surface area contributed by atoms with Crippen LogP contribution in [0.2, 0.25) is 0 Å². The summed E-state index contributed by atoms with van der Waals surface area (Å²) in [5, 5.41) is 0. The van der Waals surface area contributed by atoms with Crippen molar-refractivity contribution in [2.45, 2.75) is 6.42 Å². The minimum Gasteiger partial charge on any atom is -0.298 e. The van der Waals surface area contributed by atoms with Crippen molar-refractivity contribution in [1.82, 2.24) is 0 Å². The lowest BCUT2D eigenvalue weighted by Gasteiger charge is -2.00. The number of benzene rings is 1. The molecule has 0 saturated carbocycles. The van der Waals surface area contributed by atoms with E-state index in [9.17, 15) is 9.18 Å². The number of Topliss-reactive ketones (excluding diaryl/α,β-unsaturated/α-hetero) is 1. The molecule has 0 spiro atoms. The number of hydrogen-bond acceptors (Lipinski definition) is 2. The van der Waals surface area contributed by atoms with Gasteiger partial charge in [0.1, 0.15) is 11.6 Å². The molecule has 0 unspecified atom stereocenters. The number of thioether (sulfide) groups is 1. The third-order valence-corrected chi connectivity index (χ3v) is 2.81. The van der Waals surface area contributed by atoms with Gasteiger partial charge in [0.2, 0.25) is 0 Å². The molecular weight excluding hydrogens is 211 g/mol. The number of halogens is 1. The smallest absolute Gasteiger partial charge is 0.147 e. The molecule has 0 heterocycles. The van der Waals surface area contributed by atoms with Crippen LogP contribution < -0.4 is 0 Å². The van der Waals surface area contributed by atoms with E-state index in [0.29, 0.717) is 12.2 Å². The molecule has 1 rings (SSSR count). The van der Waals surface area contributed by atoms with Gasteiger partial charge in [-0.1, -0.05) is 18.2 Å². The summed E-state index contributed by atoms with van der Waals surface area (Å²) in [6, 6.07) is 6.04. The van der Waals surface area contributed by atoms with Gasteiger partial charge in [-0.25, -0.2) is 4.39 Å². The number of ketones is 1. The molecule has 0 N–H and O–H groups in total. The second-order valence-corrected chi connectivity index (χ2v) is 4.18. The van der Waals surface area contributed by atoms with Gasteiger partial charge in [0.25, 0.3) is 0 Å². The lowest BCUT2D eigenvalue weighted by molar-refractivity contribution is -0.116. The molecular formula is C12H13FOS. The average Bonchev–Trinajstić information content (AvgIpc) is 2.22. The van der Waals surface area contributed by atoms with Gasteiger partial charge in [-0.05, 0) is 17.7 Å². The zero-order chi connectivity index (χ0) is 11.1. The molecule has 0 radical (unpaired) electrons. The lowest BCUT2D eigenvalue weighted by Crippen LogP contribution is -2.05. The molecule has 1 aromatic rings. The first-order valence-electron chi connectivity index (χ1n) is 4.67. The van der Waals surface area contributed by atoms with Crippen molar-refractivity contribution in [3.8, 4) is 0 Å². The SMILES string of the molecule is C=CCSCC(=O)Cc1ccc(F)cc1. The van der Waals surface area contributed by atoms with Crippen molar-refractivity contribution >= 4 is 17.5 Å². The van der Waals surface area contributed by atoms with Gasteiger partial charge >= 0.3 is 0 Å². The highest BCUT2D eigenvalue weighted by Crippen LogP contribution is 2.07. The summed E-state index contributed by atoms with van der Waals surface area (Å²) in [6.45, 7) is 3.58. The van der Waals surface area contributed by atoms with Crippen LogP contribution in [-0.4, -0.2) is 17.3 Å². The Labute approximate surface area is 93.4 Å². The number of carbonyl (C=O) groups excluding carboxylic acids is 1. The van der Waals surface area contributed by atoms with E-state index < -0.39 is 0 Å². The Bertz CT molecular complexity index is 332. The van der Waals surface area contributed by atoms with Crippen LogP contribution in [0.15, 0.2) is 36.9 Å². The summed E-state index contributed by atoms with van der Waals surface area (Å²) in [7, 11) is 0. The van der Waals surface area contributed by atoms with E-state index in [1.807, 2.05) is 0 Å². The maximum Gasteiger partial charge on any atom is 0.147 e. The van der Waals surface area contributed by atoms with Gasteiger partial charge in [0.15, 0.2) is 0 Å². The molecule has 3 heteroatoms. The van der Waals surface area contributed by atoms with Crippen LogP contribution in [0, 0.1) is 5.82 Å². The Morgan fingerprint density at radius 2 is 2.07 bits per heavy atom. The topological polar surface area (TPSA) is 17.1 Å². The minimum absolute atomic E-state index is 0.161. The molecule has 0 aliphatic rings. The van der Waals surface area contributed by atoms with Gasteiger partial charge in [0.05, 0.1) is 5.75 Å². The van der Waals surface area contributed by atoms with Crippen molar-refractivity contribution in [1.29, 1.82) is 0 Å².